The van der Waals surface area contributed by atoms with Crippen LogP contribution >= 0.6 is 0 Å². The highest BCUT2D eigenvalue weighted by molar-refractivity contribution is 5.79. The molecule has 1 saturated heterocycles. The fourth-order valence-corrected chi connectivity index (χ4v) is 3.16. The Hall–Kier alpha value is -1.59. The third kappa shape index (κ3) is 7.88. The lowest BCUT2D eigenvalue weighted by molar-refractivity contribution is 0.126. The molecule has 5 nitrogen and oxygen atoms in total. The summed E-state index contributed by atoms with van der Waals surface area (Å²) in [6.45, 7) is 14.0. The molecule has 1 heterocycles. The predicted molar refractivity (Wildman–Crippen MR) is 107 cm³/mol. The molecule has 0 unspecified atom stereocenters. The lowest BCUT2D eigenvalue weighted by Crippen LogP contribution is -2.46. The van der Waals surface area contributed by atoms with Gasteiger partial charge in [0.05, 0.1) is 0 Å². The number of unbranched alkanes of at least 4 members (excludes halogenated alkanes) is 1. The first-order valence-electron chi connectivity index (χ1n) is 9.82. The van der Waals surface area contributed by atoms with Crippen molar-refractivity contribution in [3.63, 3.8) is 0 Å². The maximum atomic E-state index is 4.61. The molecule has 0 aromatic heterocycles. The van der Waals surface area contributed by atoms with Crippen LogP contribution in [0.25, 0.3) is 0 Å². The molecule has 0 spiro atoms. The van der Waals surface area contributed by atoms with Crippen molar-refractivity contribution >= 4 is 5.96 Å². The Morgan fingerprint density at radius 2 is 1.56 bits per heavy atom. The van der Waals surface area contributed by atoms with E-state index in [1.54, 1.807) is 0 Å². The van der Waals surface area contributed by atoms with Crippen LogP contribution in [0.2, 0.25) is 0 Å². The molecule has 140 valence electrons. The van der Waals surface area contributed by atoms with Crippen molar-refractivity contribution in [1.82, 2.24) is 20.4 Å². The van der Waals surface area contributed by atoms with Crippen LogP contribution in [-0.2, 0) is 6.54 Å². The third-order valence-corrected chi connectivity index (χ3v) is 4.55. The molecule has 0 amide bonds. The number of guanidine groups is 1. The van der Waals surface area contributed by atoms with E-state index in [1.165, 1.54) is 44.7 Å². The SMILES string of the molecule is CCNC(=NCCCCN1CCN(Cc2ccccc2)CC1)NCC. The lowest BCUT2D eigenvalue weighted by atomic mass is 10.2. The van der Waals surface area contributed by atoms with E-state index in [-0.39, 0.29) is 0 Å². The second-order valence-electron chi connectivity index (χ2n) is 6.60. The zero-order valence-corrected chi connectivity index (χ0v) is 16.0. The predicted octanol–water partition coefficient (Wildman–Crippen LogP) is 2.16. The molecular formula is C20H35N5. The topological polar surface area (TPSA) is 42.9 Å². The van der Waals surface area contributed by atoms with E-state index in [2.05, 4.69) is 69.6 Å². The molecular weight excluding hydrogens is 310 g/mol. The Bertz CT molecular complexity index is 472. The van der Waals surface area contributed by atoms with Crippen LogP contribution < -0.4 is 10.6 Å². The van der Waals surface area contributed by atoms with Gasteiger partial charge < -0.3 is 15.5 Å². The van der Waals surface area contributed by atoms with Crippen LogP contribution in [0.1, 0.15) is 32.3 Å². The van der Waals surface area contributed by atoms with Crippen molar-refractivity contribution in [2.45, 2.75) is 33.2 Å². The average molecular weight is 346 g/mol. The molecule has 0 bridgehead atoms. The van der Waals surface area contributed by atoms with Gasteiger partial charge in [-0.2, -0.15) is 0 Å². The standard InChI is InChI=1S/C20H35N5/c1-3-21-20(22-4-2)23-12-8-9-13-24-14-16-25(17-15-24)18-19-10-6-5-7-11-19/h5-7,10-11H,3-4,8-9,12-18H2,1-2H3,(H2,21,22,23). The highest BCUT2D eigenvalue weighted by atomic mass is 15.3. The van der Waals surface area contributed by atoms with Gasteiger partial charge in [0.25, 0.3) is 0 Å². The molecule has 2 rings (SSSR count). The number of hydrogen-bond donors (Lipinski definition) is 2. The van der Waals surface area contributed by atoms with Crippen molar-refractivity contribution in [2.75, 3.05) is 52.4 Å². The number of piperazine rings is 1. The second-order valence-corrected chi connectivity index (χ2v) is 6.60. The minimum absolute atomic E-state index is 0.906. The molecule has 5 heteroatoms. The van der Waals surface area contributed by atoms with Crippen LogP contribution in [0.4, 0.5) is 0 Å². The number of benzene rings is 1. The quantitative estimate of drug-likeness (QED) is 0.409. The summed E-state index contributed by atoms with van der Waals surface area (Å²) in [5.74, 6) is 0.944. The summed E-state index contributed by atoms with van der Waals surface area (Å²) >= 11 is 0. The fraction of sp³-hybridized carbons (Fsp3) is 0.650. The number of nitrogens with zero attached hydrogens (tertiary/aromatic N) is 3. The van der Waals surface area contributed by atoms with Gasteiger partial charge in [-0.1, -0.05) is 30.3 Å². The minimum atomic E-state index is 0.906. The summed E-state index contributed by atoms with van der Waals surface area (Å²) < 4.78 is 0. The Balaban J connectivity index is 1.57. The van der Waals surface area contributed by atoms with Gasteiger partial charge in [0.1, 0.15) is 0 Å². The van der Waals surface area contributed by atoms with Crippen molar-refractivity contribution in [2.24, 2.45) is 4.99 Å². The Morgan fingerprint density at radius 1 is 0.920 bits per heavy atom. The van der Waals surface area contributed by atoms with E-state index in [4.69, 9.17) is 0 Å². The highest BCUT2D eigenvalue weighted by Gasteiger charge is 2.16. The van der Waals surface area contributed by atoms with E-state index >= 15 is 0 Å². The van der Waals surface area contributed by atoms with Gasteiger partial charge in [-0.25, -0.2) is 0 Å². The molecule has 2 N–H and O–H groups in total. The van der Waals surface area contributed by atoms with Crippen molar-refractivity contribution in [1.29, 1.82) is 0 Å². The molecule has 0 atom stereocenters. The Kier molecular flexibility index (Phi) is 9.37. The highest BCUT2D eigenvalue weighted by Crippen LogP contribution is 2.09. The maximum absolute atomic E-state index is 4.61. The normalized spacial score (nSPS) is 15.8. The number of aliphatic imine (C=N–C) groups is 1. The van der Waals surface area contributed by atoms with Gasteiger partial charge in [-0.3, -0.25) is 9.89 Å². The van der Waals surface area contributed by atoms with E-state index in [0.717, 1.165) is 38.6 Å². The summed E-state index contributed by atoms with van der Waals surface area (Å²) in [5, 5.41) is 6.54. The fourth-order valence-electron chi connectivity index (χ4n) is 3.16. The lowest BCUT2D eigenvalue weighted by Gasteiger charge is -2.34. The monoisotopic (exact) mass is 345 g/mol. The molecule has 0 saturated carbocycles. The summed E-state index contributed by atoms with van der Waals surface area (Å²) in [6.07, 6.45) is 2.39. The van der Waals surface area contributed by atoms with Crippen LogP contribution in [0, 0.1) is 0 Å². The number of rotatable bonds is 9. The van der Waals surface area contributed by atoms with E-state index in [9.17, 15) is 0 Å². The van der Waals surface area contributed by atoms with E-state index in [1.807, 2.05) is 0 Å². The summed E-state index contributed by atoms with van der Waals surface area (Å²) in [6, 6.07) is 10.8. The maximum Gasteiger partial charge on any atom is 0.191 e. The van der Waals surface area contributed by atoms with Gasteiger partial charge in [-0.15, -0.1) is 0 Å². The zero-order valence-electron chi connectivity index (χ0n) is 16.0. The minimum Gasteiger partial charge on any atom is -0.357 e. The van der Waals surface area contributed by atoms with Crippen molar-refractivity contribution < 1.29 is 0 Å². The molecule has 1 aromatic rings. The third-order valence-electron chi connectivity index (χ3n) is 4.55. The van der Waals surface area contributed by atoms with Crippen molar-refractivity contribution in [3.05, 3.63) is 35.9 Å². The Labute approximate surface area is 153 Å². The van der Waals surface area contributed by atoms with Gasteiger partial charge in [0.2, 0.25) is 0 Å². The molecule has 25 heavy (non-hydrogen) atoms. The first kappa shape index (κ1) is 19.7. The average Bonchev–Trinajstić information content (AvgIpc) is 2.64. The molecule has 1 aromatic carbocycles. The summed E-state index contributed by atoms with van der Waals surface area (Å²) in [5.41, 5.74) is 1.42. The molecule has 0 aliphatic carbocycles. The summed E-state index contributed by atoms with van der Waals surface area (Å²) in [7, 11) is 0. The number of hydrogen-bond acceptors (Lipinski definition) is 3. The zero-order chi connectivity index (χ0) is 17.7. The van der Waals surface area contributed by atoms with Crippen LogP contribution in [-0.4, -0.2) is 68.1 Å². The van der Waals surface area contributed by atoms with Crippen LogP contribution in [0.5, 0.6) is 0 Å². The summed E-state index contributed by atoms with van der Waals surface area (Å²) in [4.78, 5) is 9.78. The first-order chi connectivity index (χ1) is 12.3. The second kappa shape index (κ2) is 11.9. The van der Waals surface area contributed by atoms with Crippen LogP contribution in [0.15, 0.2) is 35.3 Å². The van der Waals surface area contributed by atoms with E-state index < -0.39 is 0 Å². The Morgan fingerprint density at radius 3 is 2.20 bits per heavy atom. The molecule has 0 radical (unpaired) electrons. The van der Waals surface area contributed by atoms with E-state index in [0.29, 0.717) is 0 Å². The van der Waals surface area contributed by atoms with Gasteiger partial charge in [0, 0.05) is 52.4 Å². The molecule has 1 aliphatic rings. The van der Waals surface area contributed by atoms with Gasteiger partial charge >= 0.3 is 0 Å². The number of nitrogens with one attached hydrogen (secondary N) is 2. The van der Waals surface area contributed by atoms with Gasteiger partial charge in [-0.05, 0) is 38.8 Å². The largest absolute Gasteiger partial charge is 0.357 e. The van der Waals surface area contributed by atoms with Crippen LogP contribution in [0.3, 0.4) is 0 Å². The smallest absolute Gasteiger partial charge is 0.191 e. The first-order valence-corrected chi connectivity index (χ1v) is 9.82. The van der Waals surface area contributed by atoms with Gasteiger partial charge in [0.15, 0.2) is 5.96 Å². The van der Waals surface area contributed by atoms with Crippen molar-refractivity contribution in [3.8, 4) is 0 Å². The molecule has 1 aliphatic heterocycles. The molecule has 1 fully saturated rings.